The normalized spacial score (nSPS) is 12.1. The summed E-state index contributed by atoms with van der Waals surface area (Å²) in [5.74, 6) is -1.31. The quantitative estimate of drug-likeness (QED) is 0.883. The fourth-order valence-corrected chi connectivity index (χ4v) is 1.69. The molecule has 0 amide bonds. The van der Waals surface area contributed by atoms with Crippen molar-refractivity contribution in [2.75, 3.05) is 0 Å². The lowest BCUT2D eigenvalue weighted by Gasteiger charge is -2.09. The summed E-state index contributed by atoms with van der Waals surface area (Å²) in [5, 5.41) is 10.7. The number of halogens is 4. The number of alkyl halides is 3. The van der Waals surface area contributed by atoms with E-state index in [1.165, 1.54) is 16.9 Å². The second kappa shape index (κ2) is 5.80. The molecule has 2 rings (SSSR count). The van der Waals surface area contributed by atoms with E-state index in [1.54, 1.807) is 0 Å². The Kier molecular flexibility index (Phi) is 4.26. The molecule has 0 atom stereocenters. The second-order valence-electron chi connectivity index (χ2n) is 4.85. The highest BCUT2D eigenvalue weighted by Gasteiger charge is 2.34. The molecule has 2 aromatic rings. The number of hydrogen-bond donors (Lipinski definition) is 1. The van der Waals surface area contributed by atoms with Gasteiger partial charge in [0.25, 0.3) is 0 Å². The molecular formula is C13H14F4N4. The highest BCUT2D eigenvalue weighted by Crippen LogP contribution is 2.32. The van der Waals surface area contributed by atoms with Crippen molar-refractivity contribution in [3.8, 4) is 5.69 Å². The smallest absolute Gasteiger partial charge is 0.309 e. The van der Waals surface area contributed by atoms with Gasteiger partial charge in [0.1, 0.15) is 5.82 Å². The van der Waals surface area contributed by atoms with Crippen LogP contribution < -0.4 is 5.32 Å². The number of benzene rings is 1. The Bertz CT molecular complexity index is 619. The summed E-state index contributed by atoms with van der Waals surface area (Å²) < 4.78 is 52.4. The summed E-state index contributed by atoms with van der Waals surface area (Å²) in [6.07, 6.45) is -3.24. The molecule has 0 aliphatic heterocycles. The predicted molar refractivity (Wildman–Crippen MR) is 68.3 cm³/mol. The first-order valence-electron chi connectivity index (χ1n) is 6.29. The van der Waals surface area contributed by atoms with Gasteiger partial charge in [-0.1, -0.05) is 19.1 Å². The van der Waals surface area contributed by atoms with E-state index in [1.807, 2.05) is 13.8 Å². The third-order valence-corrected chi connectivity index (χ3v) is 2.75. The minimum absolute atomic E-state index is 0.104. The average molecular weight is 302 g/mol. The fourth-order valence-electron chi connectivity index (χ4n) is 1.69. The van der Waals surface area contributed by atoms with Crippen LogP contribution in [0.5, 0.6) is 0 Å². The van der Waals surface area contributed by atoms with Gasteiger partial charge in [-0.15, -0.1) is 5.10 Å². The van der Waals surface area contributed by atoms with E-state index in [0.29, 0.717) is 18.3 Å². The van der Waals surface area contributed by atoms with E-state index in [-0.39, 0.29) is 11.7 Å². The van der Waals surface area contributed by atoms with E-state index in [9.17, 15) is 17.6 Å². The highest BCUT2D eigenvalue weighted by atomic mass is 19.4. The molecule has 0 saturated carbocycles. The molecule has 0 saturated heterocycles. The van der Waals surface area contributed by atoms with E-state index in [0.717, 1.165) is 6.07 Å². The zero-order valence-electron chi connectivity index (χ0n) is 11.4. The fraction of sp³-hybridized carbons (Fsp3) is 0.385. The standard InChI is InChI=1S/C13H14F4N4/c1-8(2)18-6-9-7-21(20-19-9)10-3-4-12(14)11(5-10)13(15,16)17/h3-5,7-8,18H,6H2,1-2H3. The molecule has 0 bridgehead atoms. The van der Waals surface area contributed by atoms with Crippen LogP contribution in [0.3, 0.4) is 0 Å². The summed E-state index contributed by atoms with van der Waals surface area (Å²) in [6.45, 7) is 4.37. The van der Waals surface area contributed by atoms with Crippen molar-refractivity contribution < 1.29 is 17.6 Å². The van der Waals surface area contributed by atoms with Crippen LogP contribution in [0, 0.1) is 5.82 Å². The maximum absolute atomic E-state index is 13.2. The van der Waals surface area contributed by atoms with Crippen molar-refractivity contribution >= 4 is 0 Å². The Morgan fingerprint density at radius 2 is 2.00 bits per heavy atom. The van der Waals surface area contributed by atoms with Crippen LogP contribution in [-0.2, 0) is 12.7 Å². The Morgan fingerprint density at radius 1 is 1.29 bits per heavy atom. The SMILES string of the molecule is CC(C)NCc1cn(-c2ccc(F)c(C(F)(F)F)c2)nn1. The number of hydrogen-bond acceptors (Lipinski definition) is 3. The van der Waals surface area contributed by atoms with Crippen LogP contribution in [-0.4, -0.2) is 21.0 Å². The van der Waals surface area contributed by atoms with E-state index in [4.69, 9.17) is 0 Å². The van der Waals surface area contributed by atoms with Crippen LogP contribution in [0.4, 0.5) is 17.6 Å². The van der Waals surface area contributed by atoms with Gasteiger partial charge in [0.2, 0.25) is 0 Å². The Morgan fingerprint density at radius 3 is 2.62 bits per heavy atom. The maximum Gasteiger partial charge on any atom is 0.419 e. The Hall–Kier alpha value is -1.96. The summed E-state index contributed by atoms with van der Waals surface area (Å²) in [7, 11) is 0. The summed E-state index contributed by atoms with van der Waals surface area (Å²) in [4.78, 5) is 0. The molecule has 1 heterocycles. The minimum Gasteiger partial charge on any atom is -0.309 e. The van der Waals surface area contributed by atoms with Crippen molar-refractivity contribution in [1.29, 1.82) is 0 Å². The van der Waals surface area contributed by atoms with Gasteiger partial charge in [-0.05, 0) is 18.2 Å². The van der Waals surface area contributed by atoms with Gasteiger partial charge < -0.3 is 5.32 Å². The first-order chi connectivity index (χ1) is 9.77. The van der Waals surface area contributed by atoms with Gasteiger partial charge in [-0.25, -0.2) is 9.07 Å². The van der Waals surface area contributed by atoms with Crippen LogP contribution in [0.2, 0.25) is 0 Å². The number of rotatable bonds is 4. The third kappa shape index (κ3) is 3.78. The molecule has 0 spiro atoms. The monoisotopic (exact) mass is 302 g/mol. The van der Waals surface area contributed by atoms with Crippen molar-refractivity contribution in [2.45, 2.75) is 32.6 Å². The van der Waals surface area contributed by atoms with Crippen molar-refractivity contribution in [3.05, 3.63) is 41.5 Å². The van der Waals surface area contributed by atoms with Crippen molar-refractivity contribution in [3.63, 3.8) is 0 Å². The first kappa shape index (κ1) is 15.4. The van der Waals surface area contributed by atoms with Gasteiger partial charge in [-0.2, -0.15) is 13.2 Å². The maximum atomic E-state index is 13.2. The second-order valence-corrected chi connectivity index (χ2v) is 4.85. The minimum atomic E-state index is -4.75. The summed E-state index contributed by atoms with van der Waals surface area (Å²) in [5.41, 5.74) is -0.633. The molecule has 0 aliphatic rings. The number of nitrogens with one attached hydrogen (secondary N) is 1. The highest BCUT2D eigenvalue weighted by molar-refractivity contribution is 5.37. The van der Waals surface area contributed by atoms with E-state index in [2.05, 4.69) is 15.6 Å². The zero-order valence-corrected chi connectivity index (χ0v) is 11.4. The Balaban J connectivity index is 2.26. The van der Waals surface area contributed by atoms with Crippen molar-refractivity contribution in [1.82, 2.24) is 20.3 Å². The lowest BCUT2D eigenvalue weighted by Crippen LogP contribution is -2.21. The van der Waals surface area contributed by atoms with Crippen LogP contribution in [0.15, 0.2) is 24.4 Å². The lowest BCUT2D eigenvalue weighted by atomic mass is 10.2. The van der Waals surface area contributed by atoms with Crippen LogP contribution in [0.25, 0.3) is 5.69 Å². The molecule has 8 heteroatoms. The lowest BCUT2D eigenvalue weighted by molar-refractivity contribution is -0.140. The van der Waals surface area contributed by atoms with Gasteiger partial charge in [0.05, 0.1) is 23.1 Å². The molecular weight excluding hydrogens is 288 g/mol. The summed E-state index contributed by atoms with van der Waals surface area (Å²) in [6, 6.07) is 2.95. The Labute approximate surface area is 118 Å². The van der Waals surface area contributed by atoms with E-state index < -0.39 is 17.6 Å². The third-order valence-electron chi connectivity index (χ3n) is 2.75. The van der Waals surface area contributed by atoms with Gasteiger partial charge in [0.15, 0.2) is 0 Å². The molecule has 21 heavy (non-hydrogen) atoms. The molecule has 1 aromatic carbocycles. The molecule has 0 unspecified atom stereocenters. The average Bonchev–Trinajstić information content (AvgIpc) is 2.84. The van der Waals surface area contributed by atoms with Crippen LogP contribution in [0.1, 0.15) is 25.1 Å². The molecule has 4 nitrogen and oxygen atoms in total. The topological polar surface area (TPSA) is 42.7 Å². The van der Waals surface area contributed by atoms with E-state index >= 15 is 0 Å². The first-order valence-corrected chi connectivity index (χ1v) is 6.29. The molecule has 1 aromatic heterocycles. The molecule has 0 radical (unpaired) electrons. The van der Waals surface area contributed by atoms with Crippen molar-refractivity contribution in [2.24, 2.45) is 0 Å². The number of aromatic nitrogens is 3. The molecule has 114 valence electrons. The largest absolute Gasteiger partial charge is 0.419 e. The van der Waals surface area contributed by atoms with Gasteiger partial charge in [-0.3, -0.25) is 0 Å². The molecule has 1 N–H and O–H groups in total. The number of nitrogens with zero attached hydrogens (tertiary/aromatic N) is 3. The molecule has 0 fully saturated rings. The summed E-state index contributed by atoms with van der Waals surface area (Å²) >= 11 is 0. The van der Waals surface area contributed by atoms with Gasteiger partial charge in [0, 0.05) is 12.6 Å². The van der Waals surface area contributed by atoms with Crippen LogP contribution >= 0.6 is 0 Å². The van der Waals surface area contributed by atoms with Gasteiger partial charge >= 0.3 is 6.18 Å². The predicted octanol–water partition coefficient (Wildman–Crippen LogP) is 2.92. The zero-order chi connectivity index (χ0) is 15.6. The molecule has 0 aliphatic carbocycles.